The zero-order chi connectivity index (χ0) is 19.1. The van der Waals surface area contributed by atoms with Crippen LogP contribution in [0.25, 0.3) is 27.5 Å². The molecule has 5 heterocycles. The lowest BCUT2D eigenvalue weighted by atomic mass is 10.1. The lowest BCUT2D eigenvalue weighted by molar-refractivity contribution is 0.0783. The number of hydrogen-bond donors (Lipinski definition) is 0. The third-order valence-electron chi connectivity index (χ3n) is 4.89. The highest BCUT2D eigenvalue weighted by molar-refractivity contribution is 7.13. The fraction of sp³-hybridized carbons (Fsp3) is 0.200. The number of rotatable bonds is 5. The van der Waals surface area contributed by atoms with Crippen LogP contribution in [0.1, 0.15) is 10.4 Å². The van der Waals surface area contributed by atoms with E-state index in [1.807, 2.05) is 29.8 Å². The lowest BCUT2D eigenvalue weighted by Crippen LogP contribution is -2.52. The van der Waals surface area contributed by atoms with Gasteiger partial charge in [-0.2, -0.15) is 5.10 Å². The van der Waals surface area contributed by atoms with Crippen molar-refractivity contribution >= 4 is 29.1 Å². The summed E-state index contributed by atoms with van der Waals surface area (Å²) in [5.41, 5.74) is 3.67. The molecule has 1 saturated heterocycles. The minimum atomic E-state index is 0.206. The quantitative estimate of drug-likeness (QED) is 0.487. The van der Waals surface area contributed by atoms with Gasteiger partial charge in [0.2, 0.25) is 0 Å². The Bertz CT molecular complexity index is 1150. The van der Waals surface area contributed by atoms with Crippen molar-refractivity contribution in [2.24, 2.45) is 0 Å². The summed E-state index contributed by atoms with van der Waals surface area (Å²) in [6.45, 7) is 1.53. The average Bonchev–Trinajstić information content (AvgIpc) is 3.36. The Kier molecular flexibility index (Phi) is 4.14. The van der Waals surface area contributed by atoms with Crippen molar-refractivity contribution in [1.29, 1.82) is 0 Å². The van der Waals surface area contributed by atoms with Gasteiger partial charge < -0.3 is 9.64 Å². The van der Waals surface area contributed by atoms with Gasteiger partial charge >= 0.3 is 0 Å². The molecule has 0 radical (unpaired) electrons. The first-order valence-corrected chi connectivity index (χ1v) is 9.77. The molecule has 0 aliphatic carbocycles. The third-order valence-corrected chi connectivity index (χ3v) is 5.79. The Morgan fingerprint density at radius 3 is 2.86 bits per heavy atom. The number of carbonyl (C=O) groups is 1. The van der Waals surface area contributed by atoms with Crippen LogP contribution in [0.4, 0.5) is 5.82 Å². The molecule has 1 aliphatic heterocycles. The van der Waals surface area contributed by atoms with Crippen LogP contribution < -0.4 is 4.90 Å². The predicted octanol–water partition coefficient (Wildman–Crippen LogP) is 3.17. The minimum Gasteiger partial charge on any atom is -0.378 e. The first kappa shape index (κ1) is 17.0. The summed E-state index contributed by atoms with van der Waals surface area (Å²) in [4.78, 5) is 24.3. The maximum absolute atomic E-state index is 11.5. The monoisotopic (exact) mass is 391 g/mol. The fourth-order valence-corrected chi connectivity index (χ4v) is 3.99. The number of hydrogen-bond acceptors (Lipinski definition) is 7. The van der Waals surface area contributed by atoms with E-state index in [-0.39, 0.29) is 6.10 Å². The molecule has 7 nitrogen and oxygen atoms in total. The highest BCUT2D eigenvalue weighted by Crippen LogP contribution is 2.29. The van der Waals surface area contributed by atoms with E-state index < -0.39 is 0 Å². The van der Waals surface area contributed by atoms with Gasteiger partial charge in [0.15, 0.2) is 5.65 Å². The van der Waals surface area contributed by atoms with E-state index in [2.05, 4.69) is 10.00 Å². The zero-order valence-corrected chi connectivity index (χ0v) is 16.0. The molecule has 0 amide bonds. The van der Waals surface area contributed by atoms with Crippen LogP contribution >= 0.6 is 11.3 Å². The molecule has 0 bridgehead atoms. The lowest BCUT2D eigenvalue weighted by Gasteiger charge is -2.39. The van der Waals surface area contributed by atoms with Gasteiger partial charge in [-0.15, -0.1) is 11.3 Å². The van der Waals surface area contributed by atoms with Crippen LogP contribution in [0.2, 0.25) is 0 Å². The van der Waals surface area contributed by atoms with Crippen LogP contribution in [0, 0.1) is 0 Å². The summed E-state index contributed by atoms with van der Waals surface area (Å²) in [5, 5.41) is 6.43. The molecule has 1 aliphatic rings. The predicted molar refractivity (Wildman–Crippen MR) is 108 cm³/mol. The number of ether oxygens (including phenoxy) is 1. The van der Waals surface area contributed by atoms with Crippen LogP contribution in [0.5, 0.6) is 0 Å². The molecular weight excluding hydrogens is 374 g/mol. The van der Waals surface area contributed by atoms with Gasteiger partial charge in [0.1, 0.15) is 12.1 Å². The molecule has 28 heavy (non-hydrogen) atoms. The molecular formula is C20H17N5O2S. The van der Waals surface area contributed by atoms with Gasteiger partial charge in [0.25, 0.3) is 0 Å². The Morgan fingerprint density at radius 2 is 2.11 bits per heavy atom. The zero-order valence-electron chi connectivity index (χ0n) is 15.1. The SMILES string of the molecule is COC1CN(c2cc(C=O)cc(-c3cnn4ccc(-c5cccs5)nc34)n2)C1. The smallest absolute Gasteiger partial charge is 0.165 e. The van der Waals surface area contributed by atoms with Crippen molar-refractivity contribution in [2.45, 2.75) is 6.10 Å². The molecule has 0 atom stereocenters. The van der Waals surface area contributed by atoms with Crippen molar-refractivity contribution in [1.82, 2.24) is 19.6 Å². The molecule has 0 aromatic carbocycles. The molecule has 5 rings (SSSR count). The third kappa shape index (κ3) is 2.87. The van der Waals surface area contributed by atoms with E-state index in [0.29, 0.717) is 16.9 Å². The summed E-state index contributed by atoms with van der Waals surface area (Å²) in [7, 11) is 1.71. The van der Waals surface area contributed by atoms with Gasteiger partial charge in [0, 0.05) is 32.0 Å². The largest absolute Gasteiger partial charge is 0.378 e. The van der Waals surface area contributed by atoms with Gasteiger partial charge in [-0.05, 0) is 29.6 Å². The number of nitrogens with zero attached hydrogens (tertiary/aromatic N) is 5. The summed E-state index contributed by atoms with van der Waals surface area (Å²) in [5.74, 6) is 0.765. The number of aromatic nitrogens is 4. The number of methoxy groups -OCH3 is 1. The average molecular weight is 391 g/mol. The van der Waals surface area contributed by atoms with Gasteiger partial charge in [-0.3, -0.25) is 4.79 Å². The molecule has 1 fully saturated rings. The molecule has 4 aromatic heterocycles. The number of fused-ring (bicyclic) bond motifs is 1. The van der Waals surface area contributed by atoms with E-state index in [9.17, 15) is 4.79 Å². The Morgan fingerprint density at radius 1 is 1.21 bits per heavy atom. The summed E-state index contributed by atoms with van der Waals surface area (Å²) in [6.07, 6.45) is 4.69. The first-order valence-electron chi connectivity index (χ1n) is 8.89. The highest BCUT2D eigenvalue weighted by Gasteiger charge is 2.28. The van der Waals surface area contributed by atoms with Crippen LogP contribution in [0.3, 0.4) is 0 Å². The molecule has 0 saturated carbocycles. The summed E-state index contributed by atoms with van der Waals surface area (Å²) in [6, 6.07) is 9.57. The van der Waals surface area contributed by atoms with Crippen molar-refractivity contribution in [2.75, 3.05) is 25.1 Å². The highest BCUT2D eigenvalue weighted by atomic mass is 32.1. The van der Waals surface area contributed by atoms with Crippen molar-refractivity contribution < 1.29 is 9.53 Å². The number of thiophene rings is 1. The summed E-state index contributed by atoms with van der Waals surface area (Å²) >= 11 is 1.64. The maximum Gasteiger partial charge on any atom is 0.165 e. The standard InChI is InChI=1S/C20H17N5O2S/c1-27-14-10-24(11-14)19-8-13(12-26)7-17(22-19)15-9-21-25-5-4-16(23-20(15)25)18-3-2-6-28-18/h2-9,12,14H,10-11H2,1H3. The van der Waals surface area contributed by atoms with Gasteiger partial charge in [0.05, 0.1) is 34.1 Å². The molecule has 8 heteroatoms. The van der Waals surface area contributed by atoms with E-state index in [1.165, 1.54) is 0 Å². The molecule has 0 unspecified atom stereocenters. The van der Waals surface area contributed by atoms with E-state index in [1.54, 1.807) is 41.3 Å². The van der Waals surface area contributed by atoms with Gasteiger partial charge in [-0.1, -0.05) is 6.07 Å². The second kappa shape index (κ2) is 6.81. The Labute approximate surface area is 165 Å². The Hall–Kier alpha value is -3.10. The Balaban J connectivity index is 1.59. The number of carbonyl (C=O) groups excluding carboxylic acids is 1. The molecule has 4 aromatic rings. The second-order valence-corrected chi connectivity index (χ2v) is 7.59. The molecule has 140 valence electrons. The van der Waals surface area contributed by atoms with Crippen LogP contribution in [-0.4, -0.2) is 52.2 Å². The van der Waals surface area contributed by atoms with E-state index in [4.69, 9.17) is 14.7 Å². The normalized spacial score (nSPS) is 14.4. The van der Waals surface area contributed by atoms with E-state index >= 15 is 0 Å². The first-order chi connectivity index (χ1) is 13.7. The second-order valence-electron chi connectivity index (χ2n) is 6.64. The number of pyridine rings is 1. The number of anilines is 1. The molecule has 0 N–H and O–H groups in total. The van der Waals surface area contributed by atoms with Crippen molar-refractivity contribution in [3.05, 3.63) is 53.7 Å². The van der Waals surface area contributed by atoms with Crippen molar-refractivity contribution in [3.8, 4) is 21.8 Å². The molecule has 0 spiro atoms. The maximum atomic E-state index is 11.5. The summed E-state index contributed by atoms with van der Waals surface area (Å²) < 4.78 is 7.07. The van der Waals surface area contributed by atoms with Crippen molar-refractivity contribution in [3.63, 3.8) is 0 Å². The van der Waals surface area contributed by atoms with Crippen LogP contribution in [-0.2, 0) is 4.74 Å². The van der Waals surface area contributed by atoms with Gasteiger partial charge in [-0.25, -0.2) is 14.5 Å². The minimum absolute atomic E-state index is 0.206. The number of aldehydes is 1. The fourth-order valence-electron chi connectivity index (χ4n) is 3.29. The van der Waals surface area contributed by atoms with Crippen LogP contribution in [0.15, 0.2) is 48.1 Å². The topological polar surface area (TPSA) is 72.6 Å². The van der Waals surface area contributed by atoms with E-state index in [0.717, 1.165) is 41.3 Å².